The quantitative estimate of drug-likeness (QED) is 0.448. The summed E-state index contributed by atoms with van der Waals surface area (Å²) in [6.45, 7) is 3.40. The van der Waals surface area contributed by atoms with Crippen molar-refractivity contribution in [1.82, 2.24) is 0 Å². The number of imide groups is 1. The topological polar surface area (TPSA) is 80.8 Å². The molecule has 7 heteroatoms. The lowest BCUT2D eigenvalue weighted by Gasteiger charge is -2.15. The predicted octanol–water partition coefficient (Wildman–Crippen LogP) is 1.82. The van der Waals surface area contributed by atoms with Gasteiger partial charge in [0.25, 0.3) is 0 Å². The Labute approximate surface area is 138 Å². The first-order valence-electron chi connectivity index (χ1n) is 7.19. The summed E-state index contributed by atoms with van der Waals surface area (Å²) in [4.78, 5) is 48.4. The third kappa shape index (κ3) is 3.98. The van der Waals surface area contributed by atoms with Gasteiger partial charge in [-0.2, -0.15) is 0 Å². The Hall–Kier alpha value is -2.15. The molecule has 0 spiro atoms. The zero-order valence-electron chi connectivity index (χ0n) is 12.9. The molecule has 2 rings (SSSR count). The molecular formula is C16H17NO5S. The molecule has 1 unspecified atom stereocenters. The summed E-state index contributed by atoms with van der Waals surface area (Å²) < 4.78 is 4.81. The molecule has 1 fully saturated rings. The van der Waals surface area contributed by atoms with E-state index in [0.29, 0.717) is 11.3 Å². The number of ketones is 1. The van der Waals surface area contributed by atoms with Crippen LogP contribution < -0.4 is 4.90 Å². The van der Waals surface area contributed by atoms with E-state index in [2.05, 4.69) is 0 Å². The zero-order chi connectivity index (χ0) is 17.0. The number of hydrogen-bond acceptors (Lipinski definition) is 6. The lowest BCUT2D eigenvalue weighted by atomic mass is 10.1. The first-order valence-corrected chi connectivity index (χ1v) is 8.24. The minimum absolute atomic E-state index is 0.0266. The van der Waals surface area contributed by atoms with Crippen LogP contribution in [-0.2, 0) is 19.1 Å². The Balaban J connectivity index is 2.11. The maximum atomic E-state index is 12.4. The van der Waals surface area contributed by atoms with E-state index in [0.717, 1.165) is 16.7 Å². The van der Waals surface area contributed by atoms with Crippen LogP contribution in [0.2, 0.25) is 0 Å². The molecule has 0 aliphatic carbocycles. The highest BCUT2D eigenvalue weighted by molar-refractivity contribution is 8.01. The number of anilines is 1. The molecular weight excluding hydrogens is 318 g/mol. The SMILES string of the molecule is CCOC(=O)CSC1CC(=O)N(c2cccc(C(C)=O)c2)C1=O. The molecule has 0 saturated carbocycles. The molecule has 1 aliphatic heterocycles. The standard InChI is InChI=1S/C16H17NO5S/c1-3-22-15(20)9-23-13-8-14(19)17(16(13)21)12-6-4-5-11(7-12)10(2)18/h4-7,13H,3,8-9H2,1-2H3. The number of ether oxygens (including phenoxy) is 1. The van der Waals surface area contributed by atoms with Crippen molar-refractivity contribution in [2.75, 3.05) is 17.3 Å². The molecule has 1 atom stereocenters. The van der Waals surface area contributed by atoms with Crippen LogP contribution in [0.5, 0.6) is 0 Å². The highest BCUT2D eigenvalue weighted by Gasteiger charge is 2.40. The predicted molar refractivity (Wildman–Crippen MR) is 86.4 cm³/mol. The van der Waals surface area contributed by atoms with Crippen molar-refractivity contribution in [2.45, 2.75) is 25.5 Å². The third-order valence-electron chi connectivity index (χ3n) is 3.32. The number of amides is 2. The Morgan fingerprint density at radius 3 is 2.74 bits per heavy atom. The fourth-order valence-electron chi connectivity index (χ4n) is 2.24. The van der Waals surface area contributed by atoms with Gasteiger partial charge in [-0.1, -0.05) is 12.1 Å². The van der Waals surface area contributed by atoms with Crippen LogP contribution in [0.15, 0.2) is 24.3 Å². The number of hydrogen-bond donors (Lipinski definition) is 0. The first-order chi connectivity index (χ1) is 10.9. The van der Waals surface area contributed by atoms with Gasteiger partial charge >= 0.3 is 5.97 Å². The van der Waals surface area contributed by atoms with Crippen molar-refractivity contribution in [3.05, 3.63) is 29.8 Å². The van der Waals surface area contributed by atoms with Crippen LogP contribution in [0.4, 0.5) is 5.69 Å². The summed E-state index contributed by atoms with van der Waals surface area (Å²) in [6, 6.07) is 6.40. The van der Waals surface area contributed by atoms with Crippen LogP contribution in [0.25, 0.3) is 0 Å². The molecule has 122 valence electrons. The van der Waals surface area contributed by atoms with E-state index < -0.39 is 11.2 Å². The van der Waals surface area contributed by atoms with Crippen molar-refractivity contribution < 1.29 is 23.9 Å². The number of benzene rings is 1. The monoisotopic (exact) mass is 335 g/mol. The number of carbonyl (C=O) groups is 4. The van der Waals surface area contributed by atoms with Gasteiger partial charge in [0, 0.05) is 12.0 Å². The Morgan fingerprint density at radius 2 is 2.09 bits per heavy atom. The highest BCUT2D eigenvalue weighted by atomic mass is 32.2. The summed E-state index contributed by atoms with van der Waals surface area (Å²) in [6.07, 6.45) is 0.0349. The van der Waals surface area contributed by atoms with Crippen LogP contribution in [0.3, 0.4) is 0 Å². The minimum atomic E-state index is -0.604. The van der Waals surface area contributed by atoms with Gasteiger partial charge in [-0.15, -0.1) is 11.8 Å². The molecule has 1 aliphatic rings. The number of thioether (sulfide) groups is 1. The summed E-state index contributed by atoms with van der Waals surface area (Å²) >= 11 is 1.10. The number of carbonyl (C=O) groups excluding carboxylic acids is 4. The average Bonchev–Trinajstić information content (AvgIpc) is 2.80. The van der Waals surface area contributed by atoms with Crippen molar-refractivity contribution in [1.29, 1.82) is 0 Å². The fourth-order valence-corrected chi connectivity index (χ4v) is 3.17. The summed E-state index contributed by atoms with van der Waals surface area (Å²) in [5, 5.41) is -0.604. The number of nitrogens with zero attached hydrogens (tertiary/aromatic N) is 1. The number of rotatable bonds is 6. The second-order valence-electron chi connectivity index (χ2n) is 4.98. The molecule has 6 nitrogen and oxygen atoms in total. The summed E-state index contributed by atoms with van der Waals surface area (Å²) in [5.41, 5.74) is 0.817. The molecule has 0 bridgehead atoms. The van der Waals surface area contributed by atoms with Gasteiger partial charge < -0.3 is 4.74 Å². The number of Topliss-reactive ketones (excluding diaryl/α,β-unsaturated/α-hetero) is 1. The van der Waals surface area contributed by atoms with Crippen LogP contribution in [-0.4, -0.2) is 41.2 Å². The van der Waals surface area contributed by atoms with Gasteiger partial charge in [0.05, 0.1) is 23.3 Å². The normalized spacial score (nSPS) is 17.5. The van der Waals surface area contributed by atoms with Gasteiger partial charge in [-0.3, -0.25) is 19.2 Å². The van der Waals surface area contributed by atoms with Gasteiger partial charge in [0.2, 0.25) is 11.8 Å². The van der Waals surface area contributed by atoms with Gasteiger partial charge in [-0.25, -0.2) is 4.90 Å². The second-order valence-corrected chi connectivity index (χ2v) is 6.17. The molecule has 0 radical (unpaired) electrons. The van der Waals surface area contributed by atoms with Crippen molar-refractivity contribution in [3.8, 4) is 0 Å². The minimum Gasteiger partial charge on any atom is -0.465 e. The van der Waals surface area contributed by atoms with Crippen LogP contribution in [0, 0.1) is 0 Å². The van der Waals surface area contributed by atoms with E-state index in [4.69, 9.17) is 4.74 Å². The van der Waals surface area contributed by atoms with Gasteiger partial charge in [0.15, 0.2) is 5.78 Å². The largest absolute Gasteiger partial charge is 0.465 e. The Morgan fingerprint density at radius 1 is 1.35 bits per heavy atom. The molecule has 0 N–H and O–H groups in total. The third-order valence-corrected chi connectivity index (χ3v) is 4.50. The molecule has 1 aromatic rings. The smallest absolute Gasteiger partial charge is 0.315 e. The van der Waals surface area contributed by atoms with E-state index in [1.807, 2.05) is 0 Å². The van der Waals surface area contributed by atoms with E-state index in [9.17, 15) is 19.2 Å². The molecule has 1 saturated heterocycles. The van der Waals surface area contributed by atoms with Gasteiger partial charge in [-0.05, 0) is 26.0 Å². The van der Waals surface area contributed by atoms with Gasteiger partial charge in [0.1, 0.15) is 0 Å². The van der Waals surface area contributed by atoms with E-state index in [1.54, 1.807) is 25.1 Å². The van der Waals surface area contributed by atoms with E-state index in [1.165, 1.54) is 13.0 Å². The second kappa shape index (κ2) is 7.41. The number of esters is 1. The van der Waals surface area contributed by atoms with Crippen molar-refractivity contribution in [2.24, 2.45) is 0 Å². The van der Waals surface area contributed by atoms with Crippen LogP contribution >= 0.6 is 11.8 Å². The Bertz CT molecular complexity index is 658. The van der Waals surface area contributed by atoms with E-state index in [-0.39, 0.29) is 36.4 Å². The lowest BCUT2D eigenvalue weighted by molar-refractivity contribution is -0.139. The molecule has 23 heavy (non-hydrogen) atoms. The summed E-state index contributed by atoms with van der Waals surface area (Å²) in [7, 11) is 0. The van der Waals surface area contributed by atoms with Crippen LogP contribution in [0.1, 0.15) is 30.6 Å². The maximum absolute atomic E-state index is 12.4. The van der Waals surface area contributed by atoms with Crippen molar-refractivity contribution in [3.63, 3.8) is 0 Å². The van der Waals surface area contributed by atoms with Crippen molar-refractivity contribution >= 4 is 41.0 Å². The summed E-state index contributed by atoms with van der Waals surface area (Å²) in [5.74, 6) is -1.23. The lowest BCUT2D eigenvalue weighted by Crippen LogP contribution is -2.31. The molecule has 1 aromatic carbocycles. The molecule has 2 amide bonds. The fraction of sp³-hybridized carbons (Fsp3) is 0.375. The Kier molecular flexibility index (Phi) is 5.54. The first kappa shape index (κ1) is 17.2. The molecule has 0 aromatic heterocycles. The van der Waals surface area contributed by atoms with E-state index >= 15 is 0 Å². The maximum Gasteiger partial charge on any atom is 0.315 e. The molecule has 1 heterocycles. The zero-order valence-corrected chi connectivity index (χ0v) is 13.7. The highest BCUT2D eigenvalue weighted by Crippen LogP contribution is 2.30. The average molecular weight is 335 g/mol.